The van der Waals surface area contributed by atoms with E-state index in [1.165, 1.54) is 0 Å². The van der Waals surface area contributed by atoms with Crippen LogP contribution in [-0.4, -0.2) is 36.6 Å². The van der Waals surface area contributed by atoms with Crippen molar-refractivity contribution in [2.75, 3.05) is 20.6 Å². The van der Waals surface area contributed by atoms with Crippen molar-refractivity contribution < 1.29 is 4.79 Å². The van der Waals surface area contributed by atoms with Gasteiger partial charge in [-0.05, 0) is 32.6 Å². The molecule has 1 rings (SSSR count). The number of hydrogen-bond acceptors (Lipinski definition) is 4. The second-order valence-corrected chi connectivity index (χ2v) is 3.73. The fourth-order valence-corrected chi connectivity index (χ4v) is 1.25. The molecule has 1 aromatic rings. The van der Waals surface area contributed by atoms with Gasteiger partial charge in [-0.2, -0.15) is 4.99 Å². The summed E-state index contributed by atoms with van der Waals surface area (Å²) in [4.78, 5) is 20.2. The number of aliphatic imine (C=N–C) groups is 1. The number of likely N-dealkylation sites (N-methyl/N-ethyl adjacent to an activating group) is 1. The Morgan fingerprint density at radius 3 is 2.87 bits per heavy atom. The number of nitrogens with zero attached hydrogens (tertiary/aromatic N) is 3. The molecule has 0 aliphatic rings. The molecule has 4 heteroatoms. The largest absolute Gasteiger partial charge is 0.309 e. The lowest BCUT2D eigenvalue weighted by atomic mass is 10.2. The normalized spacial score (nSPS) is 10.1. The highest BCUT2D eigenvalue weighted by Crippen LogP contribution is 2.18. The molecule has 0 amide bonds. The molecular weight excluding hydrogens is 190 g/mol. The Labute approximate surface area is 89.7 Å². The summed E-state index contributed by atoms with van der Waals surface area (Å²) in [5.74, 6) is 0. The fourth-order valence-electron chi connectivity index (χ4n) is 1.25. The van der Waals surface area contributed by atoms with Gasteiger partial charge >= 0.3 is 0 Å². The van der Waals surface area contributed by atoms with Crippen LogP contribution in [-0.2, 0) is 11.2 Å². The van der Waals surface area contributed by atoms with Crippen LogP contribution in [0, 0.1) is 6.92 Å². The Morgan fingerprint density at radius 1 is 1.53 bits per heavy atom. The lowest BCUT2D eigenvalue weighted by molar-refractivity contribution is 0.412. The third-order valence-corrected chi connectivity index (χ3v) is 2.05. The summed E-state index contributed by atoms with van der Waals surface area (Å²) in [6.45, 7) is 2.81. The SMILES string of the molecule is Cc1cnc(CCN(C)C)c(N=C=O)c1. The van der Waals surface area contributed by atoms with Gasteiger partial charge in [0.25, 0.3) is 0 Å². The molecule has 0 unspecified atom stereocenters. The average Bonchev–Trinajstić information content (AvgIpc) is 2.17. The summed E-state index contributed by atoms with van der Waals surface area (Å²) in [6.07, 6.45) is 4.13. The first-order chi connectivity index (χ1) is 7.13. The standard InChI is InChI=1S/C11H15N3O/c1-9-6-11(13-8-15)10(12-7-9)4-5-14(2)3/h6-7H,4-5H2,1-3H3. The van der Waals surface area contributed by atoms with E-state index in [1.807, 2.05) is 27.1 Å². The first-order valence-electron chi connectivity index (χ1n) is 4.81. The maximum Gasteiger partial charge on any atom is 0.240 e. The number of isocyanates is 1. The van der Waals surface area contributed by atoms with E-state index >= 15 is 0 Å². The van der Waals surface area contributed by atoms with E-state index in [1.54, 1.807) is 12.3 Å². The highest BCUT2D eigenvalue weighted by atomic mass is 16.1. The third-order valence-electron chi connectivity index (χ3n) is 2.05. The maximum atomic E-state index is 10.2. The lowest BCUT2D eigenvalue weighted by Crippen LogP contribution is -2.15. The van der Waals surface area contributed by atoms with E-state index in [2.05, 4.69) is 14.9 Å². The molecule has 4 nitrogen and oxygen atoms in total. The van der Waals surface area contributed by atoms with Gasteiger partial charge in [-0.25, -0.2) is 4.79 Å². The summed E-state index contributed by atoms with van der Waals surface area (Å²) >= 11 is 0. The van der Waals surface area contributed by atoms with Gasteiger partial charge in [0.2, 0.25) is 6.08 Å². The van der Waals surface area contributed by atoms with Gasteiger partial charge in [0, 0.05) is 19.2 Å². The van der Waals surface area contributed by atoms with Gasteiger partial charge in [-0.15, -0.1) is 0 Å². The van der Waals surface area contributed by atoms with Crippen LogP contribution in [0.4, 0.5) is 5.69 Å². The van der Waals surface area contributed by atoms with Crippen LogP contribution in [0.15, 0.2) is 17.3 Å². The molecule has 0 radical (unpaired) electrons. The Bertz CT molecular complexity index is 381. The minimum Gasteiger partial charge on any atom is -0.309 e. The van der Waals surface area contributed by atoms with Crippen molar-refractivity contribution in [2.24, 2.45) is 4.99 Å². The quantitative estimate of drug-likeness (QED) is 0.552. The molecule has 0 spiro atoms. The molecule has 0 aromatic carbocycles. The number of hydrogen-bond donors (Lipinski definition) is 0. The van der Waals surface area contributed by atoms with Crippen molar-refractivity contribution in [1.82, 2.24) is 9.88 Å². The van der Waals surface area contributed by atoms with Crippen molar-refractivity contribution in [3.05, 3.63) is 23.5 Å². The molecule has 15 heavy (non-hydrogen) atoms. The van der Waals surface area contributed by atoms with Crippen molar-refractivity contribution in [3.8, 4) is 0 Å². The van der Waals surface area contributed by atoms with E-state index in [-0.39, 0.29) is 0 Å². The van der Waals surface area contributed by atoms with Crippen LogP contribution in [0.2, 0.25) is 0 Å². The minimum absolute atomic E-state index is 0.631. The molecule has 0 bridgehead atoms. The second-order valence-electron chi connectivity index (χ2n) is 3.73. The Balaban J connectivity index is 2.90. The zero-order chi connectivity index (χ0) is 11.3. The van der Waals surface area contributed by atoms with Crippen molar-refractivity contribution in [3.63, 3.8) is 0 Å². The van der Waals surface area contributed by atoms with Crippen LogP contribution in [0.3, 0.4) is 0 Å². The smallest absolute Gasteiger partial charge is 0.240 e. The van der Waals surface area contributed by atoms with Crippen LogP contribution in [0.1, 0.15) is 11.3 Å². The lowest BCUT2D eigenvalue weighted by Gasteiger charge is -2.09. The zero-order valence-electron chi connectivity index (χ0n) is 9.32. The van der Waals surface area contributed by atoms with Gasteiger partial charge < -0.3 is 4.90 Å². The summed E-state index contributed by atoms with van der Waals surface area (Å²) in [6, 6.07) is 1.85. The van der Waals surface area contributed by atoms with Gasteiger partial charge in [-0.3, -0.25) is 4.98 Å². The van der Waals surface area contributed by atoms with Crippen LogP contribution >= 0.6 is 0 Å². The average molecular weight is 205 g/mol. The summed E-state index contributed by atoms with van der Waals surface area (Å²) < 4.78 is 0. The van der Waals surface area contributed by atoms with Gasteiger partial charge in [-0.1, -0.05) is 0 Å². The topological polar surface area (TPSA) is 45.6 Å². The third kappa shape index (κ3) is 3.62. The van der Waals surface area contributed by atoms with Crippen LogP contribution < -0.4 is 0 Å². The molecule has 0 saturated carbocycles. The molecule has 1 aromatic heterocycles. The predicted molar refractivity (Wildman–Crippen MR) is 59.0 cm³/mol. The predicted octanol–water partition coefficient (Wildman–Crippen LogP) is 1.46. The van der Waals surface area contributed by atoms with Crippen molar-refractivity contribution in [1.29, 1.82) is 0 Å². The van der Waals surface area contributed by atoms with E-state index in [4.69, 9.17) is 0 Å². The van der Waals surface area contributed by atoms with Gasteiger partial charge in [0.05, 0.1) is 11.4 Å². The van der Waals surface area contributed by atoms with E-state index < -0.39 is 0 Å². The minimum atomic E-state index is 0.631. The van der Waals surface area contributed by atoms with Gasteiger partial charge in [0.15, 0.2) is 0 Å². The van der Waals surface area contributed by atoms with E-state index in [0.717, 1.165) is 24.2 Å². The maximum absolute atomic E-state index is 10.2. The summed E-state index contributed by atoms with van der Waals surface area (Å²) in [5, 5.41) is 0. The van der Waals surface area contributed by atoms with Crippen molar-refractivity contribution >= 4 is 11.8 Å². The Hall–Kier alpha value is -1.51. The van der Waals surface area contributed by atoms with Gasteiger partial charge in [0.1, 0.15) is 0 Å². The first kappa shape index (κ1) is 11.6. The van der Waals surface area contributed by atoms with E-state index in [0.29, 0.717) is 5.69 Å². The number of pyridine rings is 1. The Kier molecular flexibility index (Phi) is 4.16. The molecule has 0 N–H and O–H groups in total. The summed E-state index contributed by atoms with van der Waals surface area (Å²) in [7, 11) is 3.99. The molecule has 0 aliphatic carbocycles. The summed E-state index contributed by atoms with van der Waals surface area (Å²) in [5.41, 5.74) is 2.47. The van der Waals surface area contributed by atoms with Crippen LogP contribution in [0.25, 0.3) is 0 Å². The molecule has 1 heterocycles. The van der Waals surface area contributed by atoms with Crippen LogP contribution in [0.5, 0.6) is 0 Å². The Morgan fingerprint density at radius 2 is 2.27 bits per heavy atom. The number of aryl methyl sites for hydroxylation is 1. The molecule has 0 atom stereocenters. The number of aromatic nitrogens is 1. The molecule has 0 aliphatic heterocycles. The molecule has 0 saturated heterocycles. The number of carbonyl (C=O) groups excluding carboxylic acids is 1. The molecule has 0 fully saturated rings. The van der Waals surface area contributed by atoms with E-state index in [9.17, 15) is 4.79 Å². The molecular formula is C11H15N3O. The first-order valence-corrected chi connectivity index (χ1v) is 4.81. The highest BCUT2D eigenvalue weighted by Gasteiger charge is 2.04. The zero-order valence-corrected chi connectivity index (χ0v) is 9.32. The fraction of sp³-hybridized carbons (Fsp3) is 0.455. The second kappa shape index (κ2) is 5.39. The highest BCUT2D eigenvalue weighted by molar-refractivity contribution is 5.52. The van der Waals surface area contributed by atoms with Crippen molar-refractivity contribution in [2.45, 2.75) is 13.3 Å². The monoisotopic (exact) mass is 205 g/mol. The number of rotatable bonds is 4. The molecule has 80 valence electrons.